The van der Waals surface area contributed by atoms with Crippen molar-refractivity contribution in [2.75, 3.05) is 26.2 Å². The Morgan fingerprint density at radius 1 is 1.35 bits per heavy atom. The smallest absolute Gasteiger partial charge is 0.0948 e. The van der Waals surface area contributed by atoms with Gasteiger partial charge in [-0.1, -0.05) is 27.7 Å². The molecule has 0 aromatic carbocycles. The van der Waals surface area contributed by atoms with Gasteiger partial charge in [-0.15, -0.1) is 0 Å². The molecule has 4 nitrogen and oxygen atoms in total. The molecule has 1 fully saturated rings. The predicted octanol–water partition coefficient (Wildman–Crippen LogP) is 2.46. The molecule has 0 aliphatic carbocycles. The van der Waals surface area contributed by atoms with Crippen molar-refractivity contribution in [3.8, 4) is 0 Å². The van der Waals surface area contributed by atoms with Crippen LogP contribution in [0.25, 0.3) is 0 Å². The first-order valence-electron chi connectivity index (χ1n) is 8.09. The summed E-state index contributed by atoms with van der Waals surface area (Å²) in [6.45, 7) is 15.9. The number of imidazole rings is 1. The molecule has 2 rings (SSSR count). The van der Waals surface area contributed by atoms with Gasteiger partial charge in [0.15, 0.2) is 0 Å². The number of likely N-dealkylation sites (tertiary alicyclic amines) is 1. The molecular weight excluding hydrogens is 248 g/mol. The van der Waals surface area contributed by atoms with Crippen LogP contribution in [0.2, 0.25) is 0 Å². The maximum atomic E-state index is 4.33. The van der Waals surface area contributed by atoms with E-state index in [9.17, 15) is 0 Å². The number of rotatable bonds is 7. The molecule has 0 unspecified atom stereocenters. The highest BCUT2D eigenvalue weighted by molar-refractivity contribution is 5.00. The molecule has 0 saturated carbocycles. The Morgan fingerprint density at radius 3 is 2.75 bits per heavy atom. The molecule has 1 aromatic rings. The Morgan fingerprint density at radius 2 is 2.10 bits per heavy atom. The first-order chi connectivity index (χ1) is 9.63. The van der Waals surface area contributed by atoms with Gasteiger partial charge in [-0.2, -0.15) is 0 Å². The molecule has 0 N–H and O–H groups in total. The van der Waals surface area contributed by atoms with Crippen LogP contribution in [0, 0.1) is 5.92 Å². The third-order valence-corrected chi connectivity index (χ3v) is 4.32. The summed E-state index contributed by atoms with van der Waals surface area (Å²) in [5, 5.41) is 0. The Bertz CT molecular complexity index is 395. The topological polar surface area (TPSA) is 24.3 Å². The fourth-order valence-electron chi connectivity index (χ4n) is 3.26. The van der Waals surface area contributed by atoms with Crippen molar-refractivity contribution in [3.63, 3.8) is 0 Å². The first-order valence-corrected chi connectivity index (χ1v) is 8.09. The molecule has 0 radical (unpaired) electrons. The molecule has 0 bridgehead atoms. The molecule has 114 valence electrons. The van der Waals surface area contributed by atoms with Crippen LogP contribution >= 0.6 is 0 Å². The lowest BCUT2D eigenvalue weighted by atomic mass is 10.2. The first kappa shape index (κ1) is 15.5. The number of aromatic nitrogens is 2. The van der Waals surface area contributed by atoms with E-state index in [1.54, 1.807) is 0 Å². The van der Waals surface area contributed by atoms with E-state index in [1.807, 2.05) is 12.5 Å². The molecule has 1 aliphatic rings. The number of likely N-dealkylation sites (N-methyl/N-ethyl adjacent to an activating group) is 1. The summed E-state index contributed by atoms with van der Waals surface area (Å²) in [6.07, 6.45) is 5.32. The zero-order valence-corrected chi connectivity index (χ0v) is 13.5. The van der Waals surface area contributed by atoms with Gasteiger partial charge in [-0.25, -0.2) is 4.98 Å². The normalized spacial score (nSPS) is 20.4. The van der Waals surface area contributed by atoms with E-state index in [2.05, 4.69) is 47.0 Å². The summed E-state index contributed by atoms with van der Waals surface area (Å²) in [5.41, 5.74) is 1.36. The Balaban J connectivity index is 1.90. The van der Waals surface area contributed by atoms with Crippen molar-refractivity contribution in [2.24, 2.45) is 5.92 Å². The van der Waals surface area contributed by atoms with E-state index in [0.717, 1.165) is 19.1 Å². The van der Waals surface area contributed by atoms with Crippen molar-refractivity contribution in [2.45, 2.75) is 53.2 Å². The average Bonchev–Trinajstić information content (AvgIpc) is 3.02. The van der Waals surface area contributed by atoms with Gasteiger partial charge in [0.25, 0.3) is 0 Å². The quantitative estimate of drug-likeness (QED) is 0.766. The lowest BCUT2D eigenvalue weighted by molar-refractivity contribution is 0.207. The molecule has 1 atom stereocenters. The molecule has 0 amide bonds. The highest BCUT2D eigenvalue weighted by atomic mass is 15.3. The van der Waals surface area contributed by atoms with Gasteiger partial charge in [-0.05, 0) is 25.4 Å². The van der Waals surface area contributed by atoms with Crippen molar-refractivity contribution in [1.29, 1.82) is 0 Å². The molecular formula is C16H30N4. The number of hydrogen-bond donors (Lipinski definition) is 0. The van der Waals surface area contributed by atoms with Crippen LogP contribution in [0.3, 0.4) is 0 Å². The molecule has 1 saturated heterocycles. The third-order valence-electron chi connectivity index (χ3n) is 4.32. The third kappa shape index (κ3) is 3.83. The minimum Gasteiger partial charge on any atom is -0.333 e. The average molecular weight is 278 g/mol. The van der Waals surface area contributed by atoms with Crippen LogP contribution in [-0.4, -0.2) is 51.6 Å². The molecule has 4 heteroatoms. The van der Waals surface area contributed by atoms with Gasteiger partial charge in [0, 0.05) is 38.4 Å². The molecule has 1 aliphatic heterocycles. The summed E-state index contributed by atoms with van der Waals surface area (Å²) in [7, 11) is 0. The summed E-state index contributed by atoms with van der Waals surface area (Å²) < 4.78 is 2.31. The van der Waals surface area contributed by atoms with E-state index < -0.39 is 0 Å². The summed E-state index contributed by atoms with van der Waals surface area (Å²) in [6, 6.07) is 0.742. The van der Waals surface area contributed by atoms with Gasteiger partial charge < -0.3 is 4.57 Å². The highest BCUT2D eigenvalue weighted by Crippen LogP contribution is 2.18. The summed E-state index contributed by atoms with van der Waals surface area (Å²) in [4.78, 5) is 9.50. The maximum Gasteiger partial charge on any atom is 0.0948 e. The standard InChI is InChI=1S/C16H30N4/c1-5-19(6-2)15-7-8-18(11-15)12-16-9-17-13-20(16)10-14(3)4/h9,13-15H,5-8,10-12H2,1-4H3/t15-/m1/s1. The van der Waals surface area contributed by atoms with E-state index in [-0.39, 0.29) is 0 Å². The lowest BCUT2D eigenvalue weighted by Crippen LogP contribution is -2.37. The van der Waals surface area contributed by atoms with Gasteiger partial charge in [0.05, 0.1) is 12.0 Å². The summed E-state index contributed by atoms with van der Waals surface area (Å²) >= 11 is 0. The molecule has 0 spiro atoms. The van der Waals surface area contributed by atoms with Gasteiger partial charge in [0.2, 0.25) is 0 Å². The molecule has 1 aromatic heterocycles. The number of nitrogens with zero attached hydrogens (tertiary/aromatic N) is 4. The fourth-order valence-corrected chi connectivity index (χ4v) is 3.26. The van der Waals surface area contributed by atoms with Crippen LogP contribution < -0.4 is 0 Å². The highest BCUT2D eigenvalue weighted by Gasteiger charge is 2.26. The SMILES string of the molecule is CCN(CC)[C@@H]1CCN(Cc2cncn2CC(C)C)C1. The van der Waals surface area contributed by atoms with Gasteiger partial charge in [0.1, 0.15) is 0 Å². The zero-order chi connectivity index (χ0) is 14.5. The van der Waals surface area contributed by atoms with E-state index >= 15 is 0 Å². The minimum atomic E-state index is 0.671. The fraction of sp³-hybridized carbons (Fsp3) is 0.812. The number of hydrogen-bond acceptors (Lipinski definition) is 3. The Kier molecular flexibility index (Phi) is 5.61. The molecule has 2 heterocycles. The van der Waals surface area contributed by atoms with Crippen molar-refractivity contribution >= 4 is 0 Å². The molecule has 20 heavy (non-hydrogen) atoms. The van der Waals surface area contributed by atoms with Crippen molar-refractivity contribution < 1.29 is 0 Å². The van der Waals surface area contributed by atoms with Crippen LogP contribution in [0.4, 0.5) is 0 Å². The summed E-state index contributed by atoms with van der Waals surface area (Å²) in [5.74, 6) is 0.671. The maximum absolute atomic E-state index is 4.33. The van der Waals surface area contributed by atoms with Crippen LogP contribution in [-0.2, 0) is 13.1 Å². The van der Waals surface area contributed by atoms with Crippen molar-refractivity contribution in [1.82, 2.24) is 19.4 Å². The largest absolute Gasteiger partial charge is 0.333 e. The van der Waals surface area contributed by atoms with Gasteiger partial charge in [-0.3, -0.25) is 9.80 Å². The predicted molar refractivity (Wildman–Crippen MR) is 83.7 cm³/mol. The van der Waals surface area contributed by atoms with E-state index in [0.29, 0.717) is 5.92 Å². The lowest BCUT2D eigenvalue weighted by Gasteiger charge is -2.26. The zero-order valence-electron chi connectivity index (χ0n) is 13.5. The minimum absolute atomic E-state index is 0.671. The second kappa shape index (κ2) is 7.23. The van der Waals surface area contributed by atoms with Crippen molar-refractivity contribution in [3.05, 3.63) is 18.2 Å². The monoisotopic (exact) mass is 278 g/mol. The van der Waals surface area contributed by atoms with E-state index in [4.69, 9.17) is 0 Å². The van der Waals surface area contributed by atoms with Crippen LogP contribution in [0.15, 0.2) is 12.5 Å². The van der Waals surface area contributed by atoms with Crippen LogP contribution in [0.5, 0.6) is 0 Å². The van der Waals surface area contributed by atoms with Crippen LogP contribution in [0.1, 0.15) is 39.8 Å². The van der Waals surface area contributed by atoms with E-state index in [1.165, 1.54) is 38.3 Å². The van der Waals surface area contributed by atoms with Gasteiger partial charge >= 0.3 is 0 Å². The Labute approximate surface area is 123 Å². The Hall–Kier alpha value is -0.870. The second-order valence-electron chi connectivity index (χ2n) is 6.33. The second-order valence-corrected chi connectivity index (χ2v) is 6.33.